The Labute approximate surface area is 145 Å². The summed E-state index contributed by atoms with van der Waals surface area (Å²) in [4.78, 5) is 16.2. The van der Waals surface area contributed by atoms with Gasteiger partial charge in [0.15, 0.2) is 11.5 Å². The first kappa shape index (κ1) is 16.5. The fourth-order valence-electron chi connectivity index (χ4n) is 2.50. The smallest absolute Gasteiger partial charge is 0.256 e. The van der Waals surface area contributed by atoms with E-state index in [1.807, 2.05) is 18.2 Å². The maximum absolute atomic E-state index is 12.3. The molecule has 0 atom stereocenters. The van der Waals surface area contributed by atoms with Gasteiger partial charge in [-0.25, -0.2) is 4.68 Å². The minimum atomic E-state index is -0.221. The molecule has 0 radical (unpaired) electrons. The molecule has 1 aromatic carbocycles. The largest absolute Gasteiger partial charge is 0.493 e. The van der Waals surface area contributed by atoms with E-state index >= 15 is 0 Å². The number of amides is 1. The Morgan fingerprint density at radius 2 is 1.88 bits per heavy atom. The average Bonchev–Trinajstić information content (AvgIpc) is 3.08. The van der Waals surface area contributed by atoms with Crippen molar-refractivity contribution in [1.82, 2.24) is 14.8 Å². The summed E-state index contributed by atoms with van der Waals surface area (Å²) < 4.78 is 12.5. The molecule has 0 saturated carbocycles. The van der Waals surface area contributed by atoms with Gasteiger partial charge in [0, 0.05) is 29.6 Å². The summed E-state index contributed by atoms with van der Waals surface area (Å²) in [6.07, 6.45) is 4.79. The van der Waals surface area contributed by atoms with Crippen LogP contribution in [0.4, 0.5) is 5.82 Å². The SMILES string of the molecule is COc1cccc(Cn2nccc2NC(=O)c2ccncc2)c1OC. The third kappa shape index (κ3) is 3.60. The minimum Gasteiger partial charge on any atom is -0.493 e. The predicted molar refractivity (Wildman–Crippen MR) is 93.1 cm³/mol. The number of nitrogens with one attached hydrogen (secondary N) is 1. The number of anilines is 1. The van der Waals surface area contributed by atoms with Gasteiger partial charge in [-0.15, -0.1) is 0 Å². The number of carbonyl (C=O) groups is 1. The lowest BCUT2D eigenvalue weighted by atomic mass is 10.2. The number of carbonyl (C=O) groups excluding carboxylic acids is 1. The first-order chi connectivity index (χ1) is 12.2. The molecule has 2 aromatic heterocycles. The Bertz CT molecular complexity index is 862. The van der Waals surface area contributed by atoms with Gasteiger partial charge < -0.3 is 14.8 Å². The fraction of sp³-hybridized carbons (Fsp3) is 0.167. The summed E-state index contributed by atoms with van der Waals surface area (Å²) in [5.41, 5.74) is 1.42. The second kappa shape index (κ2) is 7.48. The standard InChI is InChI=1S/C18H18N4O3/c1-24-15-5-3-4-14(17(15)25-2)12-22-16(8-11-20-22)21-18(23)13-6-9-19-10-7-13/h3-11H,12H2,1-2H3,(H,21,23). The molecule has 2 heterocycles. The molecule has 0 aliphatic heterocycles. The Morgan fingerprint density at radius 3 is 2.60 bits per heavy atom. The maximum Gasteiger partial charge on any atom is 0.256 e. The van der Waals surface area contributed by atoms with Crippen LogP contribution in [0, 0.1) is 0 Å². The molecule has 0 bridgehead atoms. The number of nitrogens with zero attached hydrogens (tertiary/aromatic N) is 3. The monoisotopic (exact) mass is 338 g/mol. The van der Waals surface area contributed by atoms with Gasteiger partial charge in [-0.3, -0.25) is 9.78 Å². The van der Waals surface area contributed by atoms with Crippen LogP contribution in [0.1, 0.15) is 15.9 Å². The van der Waals surface area contributed by atoms with E-state index in [-0.39, 0.29) is 5.91 Å². The summed E-state index contributed by atoms with van der Waals surface area (Å²) in [6, 6.07) is 10.7. The average molecular weight is 338 g/mol. The Kier molecular flexibility index (Phi) is 4.94. The Balaban J connectivity index is 1.82. The first-order valence-electron chi connectivity index (χ1n) is 7.66. The number of hydrogen-bond donors (Lipinski definition) is 1. The van der Waals surface area contributed by atoms with Gasteiger partial charge in [-0.1, -0.05) is 12.1 Å². The topological polar surface area (TPSA) is 78.3 Å². The van der Waals surface area contributed by atoms with Crippen molar-refractivity contribution >= 4 is 11.7 Å². The molecular formula is C18H18N4O3. The van der Waals surface area contributed by atoms with Gasteiger partial charge in [0.2, 0.25) is 0 Å². The van der Waals surface area contributed by atoms with E-state index in [1.54, 1.807) is 55.7 Å². The van der Waals surface area contributed by atoms with Crippen LogP contribution < -0.4 is 14.8 Å². The van der Waals surface area contributed by atoms with Crippen LogP contribution in [0.15, 0.2) is 55.0 Å². The molecule has 7 heteroatoms. The minimum absolute atomic E-state index is 0.221. The van der Waals surface area contributed by atoms with Gasteiger partial charge in [0.25, 0.3) is 5.91 Å². The van der Waals surface area contributed by atoms with Crippen LogP contribution in [-0.2, 0) is 6.54 Å². The molecule has 0 unspecified atom stereocenters. The summed E-state index contributed by atoms with van der Waals surface area (Å²) in [6.45, 7) is 0.430. The number of ether oxygens (including phenoxy) is 2. The molecule has 128 valence electrons. The van der Waals surface area contributed by atoms with Crippen molar-refractivity contribution in [2.75, 3.05) is 19.5 Å². The number of para-hydroxylation sites is 1. The van der Waals surface area contributed by atoms with E-state index in [1.165, 1.54) is 0 Å². The van der Waals surface area contributed by atoms with E-state index < -0.39 is 0 Å². The molecule has 3 aromatic rings. The summed E-state index contributed by atoms with van der Waals surface area (Å²) in [5, 5.41) is 7.14. The highest BCUT2D eigenvalue weighted by molar-refractivity contribution is 6.03. The van der Waals surface area contributed by atoms with Crippen molar-refractivity contribution < 1.29 is 14.3 Å². The van der Waals surface area contributed by atoms with Crippen LogP contribution in [0.5, 0.6) is 11.5 Å². The molecule has 7 nitrogen and oxygen atoms in total. The summed E-state index contributed by atoms with van der Waals surface area (Å²) in [5.74, 6) is 1.66. The van der Waals surface area contributed by atoms with Crippen molar-refractivity contribution in [3.05, 3.63) is 66.1 Å². The molecule has 0 spiro atoms. The zero-order valence-corrected chi connectivity index (χ0v) is 14.0. The molecule has 0 aliphatic carbocycles. The van der Waals surface area contributed by atoms with Gasteiger partial charge in [0.1, 0.15) is 5.82 Å². The molecule has 1 N–H and O–H groups in total. The number of benzene rings is 1. The number of rotatable bonds is 6. The van der Waals surface area contributed by atoms with E-state index in [0.717, 1.165) is 5.56 Å². The van der Waals surface area contributed by atoms with Crippen LogP contribution in [0.3, 0.4) is 0 Å². The molecule has 25 heavy (non-hydrogen) atoms. The van der Waals surface area contributed by atoms with E-state index in [0.29, 0.717) is 29.4 Å². The zero-order valence-electron chi connectivity index (χ0n) is 14.0. The summed E-state index contributed by atoms with van der Waals surface area (Å²) >= 11 is 0. The van der Waals surface area contributed by atoms with Crippen molar-refractivity contribution in [3.8, 4) is 11.5 Å². The van der Waals surface area contributed by atoms with E-state index in [4.69, 9.17) is 9.47 Å². The maximum atomic E-state index is 12.3. The van der Waals surface area contributed by atoms with Crippen LogP contribution in [0.25, 0.3) is 0 Å². The number of aromatic nitrogens is 3. The third-order valence-corrected chi connectivity index (χ3v) is 3.71. The lowest BCUT2D eigenvalue weighted by Crippen LogP contribution is -2.16. The molecule has 3 rings (SSSR count). The summed E-state index contributed by atoms with van der Waals surface area (Å²) in [7, 11) is 3.19. The Hall–Kier alpha value is -3.35. The molecule has 1 amide bonds. The predicted octanol–water partition coefficient (Wildman–Crippen LogP) is 2.60. The van der Waals surface area contributed by atoms with Crippen LogP contribution in [0.2, 0.25) is 0 Å². The Morgan fingerprint density at radius 1 is 1.08 bits per heavy atom. The van der Waals surface area contributed by atoms with Crippen LogP contribution >= 0.6 is 0 Å². The first-order valence-corrected chi connectivity index (χ1v) is 7.66. The van der Waals surface area contributed by atoms with Gasteiger partial charge in [-0.2, -0.15) is 5.10 Å². The van der Waals surface area contributed by atoms with Gasteiger partial charge >= 0.3 is 0 Å². The van der Waals surface area contributed by atoms with Crippen molar-refractivity contribution in [2.45, 2.75) is 6.54 Å². The number of hydrogen-bond acceptors (Lipinski definition) is 5. The normalized spacial score (nSPS) is 10.3. The number of methoxy groups -OCH3 is 2. The van der Waals surface area contributed by atoms with E-state index in [9.17, 15) is 4.79 Å². The molecule has 0 fully saturated rings. The quantitative estimate of drug-likeness (QED) is 0.747. The molecular weight excluding hydrogens is 320 g/mol. The van der Waals surface area contributed by atoms with Crippen molar-refractivity contribution in [1.29, 1.82) is 0 Å². The molecule has 0 aliphatic rings. The second-order valence-electron chi connectivity index (χ2n) is 5.22. The van der Waals surface area contributed by atoms with Crippen molar-refractivity contribution in [3.63, 3.8) is 0 Å². The highest BCUT2D eigenvalue weighted by atomic mass is 16.5. The van der Waals surface area contributed by atoms with Gasteiger partial charge in [-0.05, 0) is 18.2 Å². The third-order valence-electron chi connectivity index (χ3n) is 3.71. The lowest BCUT2D eigenvalue weighted by Gasteiger charge is -2.14. The van der Waals surface area contributed by atoms with E-state index in [2.05, 4.69) is 15.4 Å². The molecule has 0 saturated heterocycles. The lowest BCUT2D eigenvalue weighted by molar-refractivity contribution is 0.102. The highest BCUT2D eigenvalue weighted by Gasteiger charge is 2.13. The van der Waals surface area contributed by atoms with Crippen LogP contribution in [-0.4, -0.2) is 34.9 Å². The highest BCUT2D eigenvalue weighted by Crippen LogP contribution is 2.31. The fourth-order valence-corrected chi connectivity index (χ4v) is 2.50. The second-order valence-corrected chi connectivity index (χ2v) is 5.22. The van der Waals surface area contributed by atoms with Gasteiger partial charge in [0.05, 0.1) is 27.0 Å². The number of pyridine rings is 1. The zero-order chi connectivity index (χ0) is 17.6. The van der Waals surface area contributed by atoms with Crippen molar-refractivity contribution in [2.24, 2.45) is 0 Å².